The number of hydrogen-bond acceptors (Lipinski definition) is 6. The lowest BCUT2D eigenvalue weighted by atomic mass is 10.1. The predicted octanol–water partition coefficient (Wildman–Crippen LogP) is 2.90. The van der Waals surface area contributed by atoms with Gasteiger partial charge < -0.3 is 10.6 Å². The molecular weight excluding hydrogens is 376 g/mol. The van der Waals surface area contributed by atoms with Gasteiger partial charge in [0, 0.05) is 24.7 Å². The minimum Gasteiger partial charge on any atom is -0.381 e. The number of hydrogen-bond donors (Lipinski definition) is 3. The maximum atomic E-state index is 12.7. The Morgan fingerprint density at radius 2 is 1.92 bits per heavy atom. The number of nitro benzene ring substituents is 1. The summed E-state index contributed by atoms with van der Waals surface area (Å²) in [6, 6.07) is 3.97. The van der Waals surface area contributed by atoms with E-state index in [2.05, 4.69) is 15.4 Å². The average Bonchev–Trinajstić information content (AvgIpc) is 2.83. The minimum absolute atomic E-state index is 0.0422. The topological polar surface area (TPSA) is 113 Å². The van der Waals surface area contributed by atoms with Gasteiger partial charge in [0.2, 0.25) is 0 Å². The zero-order valence-electron chi connectivity index (χ0n) is 14.7. The second kappa shape index (κ2) is 9.13. The smallest absolute Gasteiger partial charge is 0.270 e. The zero-order chi connectivity index (χ0) is 19.2. The molecule has 2 rings (SSSR count). The van der Waals surface area contributed by atoms with Gasteiger partial charge in [0.05, 0.1) is 10.6 Å². The van der Waals surface area contributed by atoms with Gasteiger partial charge in [-0.15, -0.1) is 0 Å². The number of anilines is 1. The lowest BCUT2D eigenvalue weighted by Gasteiger charge is -2.20. The van der Waals surface area contributed by atoms with E-state index in [1.807, 2.05) is 0 Å². The van der Waals surface area contributed by atoms with Gasteiger partial charge in [-0.2, -0.15) is 0 Å². The second-order valence-electron chi connectivity index (χ2n) is 6.24. The molecule has 1 aromatic rings. The molecule has 3 N–H and O–H groups in total. The molecule has 1 aromatic carbocycles. The second-order valence-corrected chi connectivity index (χ2v) is 8.29. The normalized spacial score (nSPS) is 15.7. The van der Waals surface area contributed by atoms with E-state index >= 15 is 0 Å². The van der Waals surface area contributed by atoms with Crippen molar-refractivity contribution in [1.82, 2.24) is 10.0 Å². The first kappa shape index (κ1) is 20.4. The molecule has 1 aliphatic rings. The monoisotopic (exact) mass is 400 g/mol. The van der Waals surface area contributed by atoms with E-state index in [0.717, 1.165) is 31.7 Å². The molecule has 0 heterocycles. The molecule has 8 nitrogen and oxygen atoms in total. The first-order valence-electron chi connectivity index (χ1n) is 8.69. The summed E-state index contributed by atoms with van der Waals surface area (Å²) in [5, 5.41) is 17.0. The van der Waals surface area contributed by atoms with Gasteiger partial charge in [0.15, 0.2) is 5.11 Å². The lowest BCUT2D eigenvalue weighted by molar-refractivity contribution is -0.385. The molecule has 26 heavy (non-hydrogen) atoms. The predicted molar refractivity (Wildman–Crippen MR) is 105 cm³/mol. The summed E-state index contributed by atoms with van der Waals surface area (Å²) < 4.78 is 27.7. The van der Waals surface area contributed by atoms with E-state index < -0.39 is 14.9 Å². The maximum absolute atomic E-state index is 12.7. The van der Waals surface area contributed by atoms with E-state index in [4.69, 9.17) is 12.2 Å². The van der Waals surface area contributed by atoms with Crippen molar-refractivity contribution in [1.29, 1.82) is 0 Å². The van der Waals surface area contributed by atoms with E-state index in [1.54, 1.807) is 6.92 Å². The summed E-state index contributed by atoms with van der Waals surface area (Å²) in [7, 11) is -4.05. The molecule has 0 spiro atoms. The Bertz CT molecular complexity index is 760. The molecular formula is C16H24N4O4S2. The average molecular weight is 401 g/mol. The van der Waals surface area contributed by atoms with Crippen molar-refractivity contribution in [2.45, 2.75) is 56.4 Å². The lowest BCUT2D eigenvalue weighted by Crippen LogP contribution is -2.39. The van der Waals surface area contributed by atoms with Gasteiger partial charge >= 0.3 is 0 Å². The third-order valence-corrected chi connectivity index (χ3v) is 6.01. The van der Waals surface area contributed by atoms with Crippen LogP contribution < -0.4 is 15.4 Å². The van der Waals surface area contributed by atoms with Gasteiger partial charge in [0.1, 0.15) is 4.90 Å². The van der Waals surface area contributed by atoms with Crippen molar-refractivity contribution in [3.8, 4) is 0 Å². The molecule has 144 valence electrons. The van der Waals surface area contributed by atoms with Crippen LogP contribution in [0.4, 0.5) is 11.4 Å². The fourth-order valence-electron chi connectivity index (χ4n) is 2.98. The van der Waals surface area contributed by atoms with Crippen LogP contribution in [0.2, 0.25) is 0 Å². The number of rotatable bonds is 6. The van der Waals surface area contributed by atoms with Crippen LogP contribution in [0, 0.1) is 10.1 Å². The highest BCUT2D eigenvalue weighted by atomic mass is 32.2. The number of nitro groups is 1. The van der Waals surface area contributed by atoms with Crippen LogP contribution in [0.1, 0.15) is 45.4 Å². The Labute approximate surface area is 158 Å². The highest BCUT2D eigenvalue weighted by Crippen LogP contribution is 2.29. The van der Waals surface area contributed by atoms with Crippen molar-refractivity contribution >= 4 is 38.7 Å². The van der Waals surface area contributed by atoms with Crippen LogP contribution in [0.5, 0.6) is 0 Å². The summed E-state index contributed by atoms with van der Waals surface area (Å²) in [4.78, 5) is 10.3. The summed E-state index contributed by atoms with van der Waals surface area (Å²) in [5.41, 5.74) is 0.0699. The molecule has 1 saturated carbocycles. The third-order valence-electron chi connectivity index (χ3n) is 4.24. The van der Waals surface area contributed by atoms with E-state index in [0.29, 0.717) is 12.2 Å². The quantitative estimate of drug-likeness (QED) is 0.291. The molecule has 1 fully saturated rings. The highest BCUT2D eigenvalue weighted by Gasteiger charge is 2.25. The van der Waals surface area contributed by atoms with E-state index in [-0.39, 0.29) is 21.7 Å². The van der Waals surface area contributed by atoms with Crippen molar-refractivity contribution in [3.05, 3.63) is 28.3 Å². The van der Waals surface area contributed by atoms with Crippen LogP contribution in [0.3, 0.4) is 0 Å². The first-order chi connectivity index (χ1) is 12.3. The molecule has 0 saturated heterocycles. The van der Waals surface area contributed by atoms with E-state index in [1.165, 1.54) is 25.0 Å². The molecule has 0 aliphatic heterocycles. The summed E-state index contributed by atoms with van der Waals surface area (Å²) in [6.07, 6.45) is 6.38. The van der Waals surface area contributed by atoms with Crippen molar-refractivity contribution in [2.24, 2.45) is 0 Å². The van der Waals surface area contributed by atoms with Crippen LogP contribution in [-0.2, 0) is 10.0 Å². The van der Waals surface area contributed by atoms with Crippen molar-refractivity contribution < 1.29 is 13.3 Å². The molecule has 0 amide bonds. The van der Waals surface area contributed by atoms with Crippen molar-refractivity contribution in [3.63, 3.8) is 0 Å². The van der Waals surface area contributed by atoms with Crippen LogP contribution in [0.25, 0.3) is 0 Å². The van der Waals surface area contributed by atoms with Crippen LogP contribution >= 0.6 is 12.2 Å². The van der Waals surface area contributed by atoms with Gasteiger partial charge in [-0.3, -0.25) is 14.8 Å². The van der Waals surface area contributed by atoms with Gasteiger partial charge in [-0.05, 0) is 38.0 Å². The van der Waals surface area contributed by atoms with Crippen LogP contribution in [0.15, 0.2) is 23.1 Å². The number of thiocarbonyl (C=S) groups is 1. The molecule has 0 bridgehead atoms. The largest absolute Gasteiger partial charge is 0.381 e. The number of sulfonamides is 1. The molecule has 0 unspecified atom stereocenters. The fraction of sp³-hybridized carbons (Fsp3) is 0.562. The van der Waals surface area contributed by atoms with E-state index in [9.17, 15) is 18.5 Å². The number of non-ortho nitro benzene ring substituents is 1. The Morgan fingerprint density at radius 3 is 2.50 bits per heavy atom. The van der Waals surface area contributed by atoms with Gasteiger partial charge in [-0.1, -0.05) is 25.7 Å². The summed E-state index contributed by atoms with van der Waals surface area (Å²) in [5.74, 6) is 0. The highest BCUT2D eigenvalue weighted by molar-refractivity contribution is 7.92. The number of nitrogens with one attached hydrogen (secondary N) is 3. The number of nitrogens with zero attached hydrogens (tertiary/aromatic N) is 1. The van der Waals surface area contributed by atoms with Crippen molar-refractivity contribution in [2.75, 3.05) is 11.9 Å². The molecule has 0 aromatic heterocycles. The fourth-order valence-corrected chi connectivity index (χ4v) is 4.58. The zero-order valence-corrected chi connectivity index (χ0v) is 16.3. The Morgan fingerprint density at radius 1 is 1.27 bits per heavy atom. The van der Waals surface area contributed by atoms with Gasteiger partial charge in [0.25, 0.3) is 15.7 Å². The first-order valence-corrected chi connectivity index (χ1v) is 10.6. The summed E-state index contributed by atoms with van der Waals surface area (Å²) >= 11 is 4.95. The molecule has 1 aliphatic carbocycles. The molecule has 0 atom stereocenters. The summed E-state index contributed by atoms with van der Waals surface area (Å²) in [6.45, 7) is 2.25. The number of benzene rings is 1. The Hall–Kier alpha value is -1.94. The third kappa shape index (κ3) is 5.53. The van der Waals surface area contributed by atoms with Crippen LogP contribution in [-0.4, -0.2) is 31.0 Å². The Kier molecular flexibility index (Phi) is 7.15. The minimum atomic E-state index is -4.05. The standard InChI is InChI=1S/C16H24N4O4S2/c1-2-17-16(25)19-26(23,24)15-11-13(20(21)22)9-10-14(15)18-12-7-5-3-4-6-8-12/h9-12,18H,2-8H2,1H3,(H2,17,19,25). The maximum Gasteiger partial charge on any atom is 0.270 e. The molecule has 0 radical (unpaired) electrons. The SMILES string of the molecule is CCNC(=S)NS(=O)(=O)c1cc([N+](=O)[O-])ccc1NC1CCCCCC1. The Balaban J connectivity index is 2.35. The molecule has 10 heteroatoms. The van der Waals surface area contributed by atoms with Gasteiger partial charge in [-0.25, -0.2) is 8.42 Å².